The maximum Gasteiger partial charge on any atom is 0.306 e. The lowest BCUT2D eigenvalue weighted by molar-refractivity contribution is -0.142. The molecule has 2 rings (SSSR count). The van der Waals surface area contributed by atoms with Gasteiger partial charge in [0.15, 0.2) is 0 Å². The summed E-state index contributed by atoms with van der Waals surface area (Å²) < 4.78 is 0. The SMILES string of the molecule is CCN(C)C(=O)c1cccc(C(=O)NC2CCC(C(=O)O)CC2)c1. The molecule has 130 valence electrons. The minimum Gasteiger partial charge on any atom is -0.481 e. The Morgan fingerprint density at radius 3 is 2.38 bits per heavy atom. The highest BCUT2D eigenvalue weighted by Gasteiger charge is 2.27. The van der Waals surface area contributed by atoms with Gasteiger partial charge in [0.1, 0.15) is 0 Å². The third-order valence-electron chi connectivity index (χ3n) is 4.60. The predicted octanol–water partition coefficient (Wildman–Crippen LogP) is 2.15. The highest BCUT2D eigenvalue weighted by Crippen LogP contribution is 2.24. The van der Waals surface area contributed by atoms with E-state index in [1.807, 2.05) is 6.92 Å². The smallest absolute Gasteiger partial charge is 0.306 e. The molecule has 0 heterocycles. The van der Waals surface area contributed by atoms with Crippen LogP contribution in [0.25, 0.3) is 0 Å². The van der Waals surface area contributed by atoms with E-state index in [4.69, 9.17) is 5.11 Å². The van der Waals surface area contributed by atoms with Crippen molar-refractivity contribution in [2.45, 2.75) is 38.6 Å². The van der Waals surface area contributed by atoms with Crippen molar-refractivity contribution in [1.29, 1.82) is 0 Å². The fourth-order valence-corrected chi connectivity index (χ4v) is 2.91. The van der Waals surface area contributed by atoms with Crippen LogP contribution in [-0.4, -0.2) is 47.4 Å². The lowest BCUT2D eigenvalue weighted by Crippen LogP contribution is -2.38. The lowest BCUT2D eigenvalue weighted by Gasteiger charge is -2.26. The number of amides is 2. The van der Waals surface area contributed by atoms with Gasteiger partial charge >= 0.3 is 5.97 Å². The van der Waals surface area contributed by atoms with E-state index in [0.717, 1.165) is 0 Å². The van der Waals surface area contributed by atoms with Crippen LogP contribution in [-0.2, 0) is 4.79 Å². The summed E-state index contributed by atoms with van der Waals surface area (Å²) in [4.78, 5) is 37.1. The van der Waals surface area contributed by atoms with Crippen LogP contribution in [0.1, 0.15) is 53.3 Å². The second-order valence-electron chi connectivity index (χ2n) is 6.26. The first-order chi connectivity index (χ1) is 11.4. The van der Waals surface area contributed by atoms with Crippen molar-refractivity contribution in [3.05, 3.63) is 35.4 Å². The minimum atomic E-state index is -0.758. The van der Waals surface area contributed by atoms with E-state index in [9.17, 15) is 14.4 Å². The van der Waals surface area contributed by atoms with Crippen molar-refractivity contribution in [2.24, 2.45) is 5.92 Å². The van der Waals surface area contributed by atoms with E-state index in [1.54, 1.807) is 36.2 Å². The molecular formula is C18H24N2O4. The van der Waals surface area contributed by atoms with Crippen molar-refractivity contribution >= 4 is 17.8 Å². The van der Waals surface area contributed by atoms with Crippen molar-refractivity contribution < 1.29 is 19.5 Å². The highest BCUT2D eigenvalue weighted by molar-refractivity contribution is 5.99. The molecule has 24 heavy (non-hydrogen) atoms. The average molecular weight is 332 g/mol. The molecule has 0 spiro atoms. The minimum absolute atomic E-state index is 0.00854. The summed E-state index contributed by atoms with van der Waals surface area (Å²) >= 11 is 0. The molecule has 1 saturated carbocycles. The second kappa shape index (κ2) is 7.95. The summed E-state index contributed by atoms with van der Waals surface area (Å²) in [6.45, 7) is 2.49. The molecule has 1 aliphatic carbocycles. The quantitative estimate of drug-likeness (QED) is 0.865. The number of benzene rings is 1. The van der Waals surface area contributed by atoms with E-state index in [-0.39, 0.29) is 23.8 Å². The first kappa shape index (κ1) is 18.0. The van der Waals surface area contributed by atoms with Gasteiger partial charge in [0, 0.05) is 30.8 Å². The molecule has 1 fully saturated rings. The fraction of sp³-hybridized carbons (Fsp3) is 0.500. The number of carboxylic acid groups (broad SMARTS) is 1. The Morgan fingerprint density at radius 2 is 1.79 bits per heavy atom. The Balaban J connectivity index is 1.98. The van der Waals surface area contributed by atoms with Crippen LogP contribution in [0.4, 0.5) is 0 Å². The maximum absolute atomic E-state index is 12.4. The Hall–Kier alpha value is -2.37. The Kier molecular flexibility index (Phi) is 5.95. The third-order valence-corrected chi connectivity index (χ3v) is 4.60. The van der Waals surface area contributed by atoms with Crippen molar-refractivity contribution in [2.75, 3.05) is 13.6 Å². The molecule has 1 aromatic carbocycles. The molecule has 1 aliphatic rings. The van der Waals surface area contributed by atoms with Crippen LogP contribution in [0.5, 0.6) is 0 Å². The topological polar surface area (TPSA) is 86.7 Å². The summed E-state index contributed by atoms with van der Waals surface area (Å²) in [6.07, 6.45) is 2.50. The molecule has 0 unspecified atom stereocenters. The molecule has 0 aliphatic heterocycles. The van der Waals surface area contributed by atoms with Gasteiger partial charge in [-0.15, -0.1) is 0 Å². The molecule has 0 radical (unpaired) electrons. The molecule has 0 saturated heterocycles. The van der Waals surface area contributed by atoms with Gasteiger partial charge < -0.3 is 15.3 Å². The molecule has 0 aromatic heterocycles. The predicted molar refractivity (Wildman–Crippen MR) is 89.9 cm³/mol. The zero-order valence-electron chi connectivity index (χ0n) is 14.1. The molecular weight excluding hydrogens is 308 g/mol. The van der Waals surface area contributed by atoms with E-state index < -0.39 is 5.97 Å². The van der Waals surface area contributed by atoms with Gasteiger partial charge in [0.2, 0.25) is 0 Å². The zero-order valence-corrected chi connectivity index (χ0v) is 14.1. The number of carbonyl (C=O) groups excluding carboxylic acids is 2. The zero-order chi connectivity index (χ0) is 17.7. The summed E-state index contributed by atoms with van der Waals surface area (Å²) in [6, 6.07) is 6.68. The first-order valence-electron chi connectivity index (χ1n) is 8.31. The maximum atomic E-state index is 12.4. The number of nitrogens with zero attached hydrogens (tertiary/aromatic N) is 1. The van der Waals surface area contributed by atoms with Crippen LogP contribution in [0.15, 0.2) is 24.3 Å². The van der Waals surface area contributed by atoms with Crippen LogP contribution in [0, 0.1) is 5.92 Å². The molecule has 2 N–H and O–H groups in total. The Morgan fingerprint density at radius 1 is 1.17 bits per heavy atom. The number of carboxylic acids is 1. The van der Waals surface area contributed by atoms with Crippen LogP contribution >= 0.6 is 0 Å². The number of hydrogen-bond donors (Lipinski definition) is 2. The van der Waals surface area contributed by atoms with Crippen molar-refractivity contribution in [3.63, 3.8) is 0 Å². The largest absolute Gasteiger partial charge is 0.481 e. The first-order valence-corrected chi connectivity index (χ1v) is 8.31. The highest BCUT2D eigenvalue weighted by atomic mass is 16.4. The average Bonchev–Trinajstić information content (AvgIpc) is 2.60. The summed E-state index contributed by atoms with van der Waals surface area (Å²) in [7, 11) is 1.72. The molecule has 0 atom stereocenters. The molecule has 6 heteroatoms. The normalized spacial score (nSPS) is 20.2. The van der Waals surface area contributed by atoms with Crippen LogP contribution < -0.4 is 5.32 Å². The van der Waals surface area contributed by atoms with Gasteiger partial charge in [-0.2, -0.15) is 0 Å². The number of hydrogen-bond acceptors (Lipinski definition) is 3. The number of aliphatic carboxylic acids is 1. The van der Waals surface area contributed by atoms with E-state index >= 15 is 0 Å². The van der Waals surface area contributed by atoms with Gasteiger partial charge in [-0.05, 0) is 50.8 Å². The number of rotatable bonds is 5. The summed E-state index contributed by atoms with van der Waals surface area (Å²) in [5.41, 5.74) is 0.937. The molecule has 0 bridgehead atoms. The van der Waals surface area contributed by atoms with Gasteiger partial charge in [0.05, 0.1) is 5.92 Å². The fourth-order valence-electron chi connectivity index (χ4n) is 2.91. The van der Waals surface area contributed by atoms with E-state index in [1.165, 1.54) is 0 Å². The van der Waals surface area contributed by atoms with Gasteiger partial charge in [-0.25, -0.2) is 0 Å². The third kappa shape index (κ3) is 4.34. The Labute approximate surface area is 141 Å². The summed E-state index contributed by atoms with van der Waals surface area (Å²) in [5.74, 6) is -1.40. The second-order valence-corrected chi connectivity index (χ2v) is 6.26. The van der Waals surface area contributed by atoms with Gasteiger partial charge in [0.25, 0.3) is 11.8 Å². The van der Waals surface area contributed by atoms with E-state index in [0.29, 0.717) is 43.4 Å². The van der Waals surface area contributed by atoms with Gasteiger partial charge in [-0.1, -0.05) is 6.07 Å². The molecule has 6 nitrogen and oxygen atoms in total. The number of nitrogens with one attached hydrogen (secondary N) is 1. The van der Waals surface area contributed by atoms with Gasteiger partial charge in [-0.3, -0.25) is 14.4 Å². The number of carbonyl (C=O) groups is 3. The Bertz CT molecular complexity index is 621. The van der Waals surface area contributed by atoms with Crippen LogP contribution in [0.3, 0.4) is 0 Å². The van der Waals surface area contributed by atoms with E-state index in [2.05, 4.69) is 5.32 Å². The standard InChI is InChI=1S/C18H24N2O4/c1-3-20(2)17(22)14-6-4-5-13(11-14)16(21)19-15-9-7-12(8-10-15)18(23)24/h4-6,11-12,15H,3,7-10H2,1-2H3,(H,19,21)(H,23,24). The molecule has 1 aromatic rings. The van der Waals surface area contributed by atoms with Crippen LogP contribution in [0.2, 0.25) is 0 Å². The monoisotopic (exact) mass is 332 g/mol. The summed E-state index contributed by atoms with van der Waals surface area (Å²) in [5, 5.41) is 12.0. The lowest BCUT2D eigenvalue weighted by atomic mass is 9.86. The van der Waals surface area contributed by atoms with Crippen molar-refractivity contribution in [3.8, 4) is 0 Å². The van der Waals surface area contributed by atoms with Crippen molar-refractivity contribution in [1.82, 2.24) is 10.2 Å². The molecule has 2 amide bonds.